The topological polar surface area (TPSA) is 75.2 Å². The van der Waals surface area contributed by atoms with Crippen LogP contribution >= 0.6 is 0 Å². The maximum atomic E-state index is 12.1. The largest absolute Gasteiger partial charge is 0.493 e. The summed E-state index contributed by atoms with van der Waals surface area (Å²) in [4.78, 5) is 18.3. The van der Waals surface area contributed by atoms with Gasteiger partial charge in [0.05, 0.1) is 14.2 Å². The van der Waals surface area contributed by atoms with Gasteiger partial charge in [-0.25, -0.2) is 0 Å². The van der Waals surface area contributed by atoms with Crippen molar-refractivity contribution in [3.63, 3.8) is 0 Å². The van der Waals surface area contributed by atoms with E-state index in [1.54, 1.807) is 21.3 Å². The maximum absolute atomic E-state index is 12.1. The molecule has 1 heterocycles. The van der Waals surface area contributed by atoms with Gasteiger partial charge < -0.3 is 25.0 Å². The first kappa shape index (κ1) is 19.9. The highest BCUT2D eigenvalue weighted by Gasteiger charge is 2.27. The molecule has 2 rings (SSSR count). The highest BCUT2D eigenvalue weighted by atomic mass is 16.5. The van der Waals surface area contributed by atoms with E-state index in [1.807, 2.05) is 36.9 Å². The number of amides is 1. The number of carbonyl (C=O) groups is 1. The number of methoxy groups -OCH3 is 2. The Bertz CT molecular complexity index is 646. The standard InChI is InChI=1S/C19H30N4O3/c1-13(2)18(24)23-9-8-15(12-23)22-19(20-3)21-11-14-6-7-16(25-4)17(10-14)26-5/h6-7,10,13,15H,8-9,11-12H2,1-5H3,(H2,20,21,22). The van der Waals surface area contributed by atoms with Crippen molar-refractivity contribution in [1.82, 2.24) is 15.5 Å². The predicted octanol–water partition coefficient (Wildman–Crippen LogP) is 1.63. The Kier molecular flexibility index (Phi) is 7.12. The fourth-order valence-electron chi connectivity index (χ4n) is 3.01. The van der Waals surface area contributed by atoms with Gasteiger partial charge in [-0.3, -0.25) is 9.79 Å². The number of rotatable bonds is 6. The van der Waals surface area contributed by atoms with Crippen molar-refractivity contribution < 1.29 is 14.3 Å². The molecule has 26 heavy (non-hydrogen) atoms. The van der Waals surface area contributed by atoms with E-state index in [9.17, 15) is 4.79 Å². The van der Waals surface area contributed by atoms with Gasteiger partial charge in [-0.2, -0.15) is 0 Å². The second-order valence-corrected chi connectivity index (χ2v) is 6.68. The van der Waals surface area contributed by atoms with Crippen molar-refractivity contribution in [1.29, 1.82) is 0 Å². The van der Waals surface area contributed by atoms with Gasteiger partial charge in [-0.05, 0) is 24.1 Å². The number of guanidine groups is 1. The van der Waals surface area contributed by atoms with E-state index in [2.05, 4.69) is 15.6 Å². The lowest BCUT2D eigenvalue weighted by molar-refractivity contribution is -0.133. The summed E-state index contributed by atoms with van der Waals surface area (Å²) in [6.07, 6.45) is 0.926. The molecule has 2 N–H and O–H groups in total. The Hall–Kier alpha value is -2.44. The summed E-state index contributed by atoms with van der Waals surface area (Å²) >= 11 is 0. The van der Waals surface area contributed by atoms with Crippen LogP contribution in [0.1, 0.15) is 25.8 Å². The van der Waals surface area contributed by atoms with Gasteiger partial charge in [0, 0.05) is 38.6 Å². The number of nitrogens with zero attached hydrogens (tertiary/aromatic N) is 2. The molecule has 1 aliphatic rings. The molecule has 1 unspecified atom stereocenters. The molecule has 0 aromatic heterocycles. The summed E-state index contributed by atoms with van der Waals surface area (Å²) in [6, 6.07) is 6.03. The van der Waals surface area contributed by atoms with Gasteiger partial charge in [0.1, 0.15) is 0 Å². The minimum Gasteiger partial charge on any atom is -0.493 e. The van der Waals surface area contributed by atoms with Crippen LogP contribution in [0.25, 0.3) is 0 Å². The summed E-state index contributed by atoms with van der Waals surface area (Å²) in [5.74, 6) is 2.38. The molecule has 7 nitrogen and oxygen atoms in total. The van der Waals surface area contributed by atoms with Crippen LogP contribution in [0.4, 0.5) is 0 Å². The second-order valence-electron chi connectivity index (χ2n) is 6.68. The third kappa shape index (κ3) is 5.03. The van der Waals surface area contributed by atoms with Gasteiger partial charge in [-0.15, -0.1) is 0 Å². The second kappa shape index (κ2) is 9.31. The quantitative estimate of drug-likeness (QED) is 0.594. The van der Waals surface area contributed by atoms with Gasteiger partial charge >= 0.3 is 0 Å². The first-order valence-corrected chi connectivity index (χ1v) is 8.95. The smallest absolute Gasteiger partial charge is 0.225 e. The fourth-order valence-corrected chi connectivity index (χ4v) is 3.01. The van der Waals surface area contributed by atoms with E-state index in [-0.39, 0.29) is 17.9 Å². The van der Waals surface area contributed by atoms with E-state index in [0.29, 0.717) is 24.6 Å². The first-order valence-electron chi connectivity index (χ1n) is 8.95. The number of aliphatic imine (C=N–C) groups is 1. The third-order valence-corrected chi connectivity index (χ3v) is 4.47. The van der Waals surface area contributed by atoms with Crippen LogP contribution in [-0.2, 0) is 11.3 Å². The Balaban J connectivity index is 1.88. The molecule has 1 fully saturated rings. The molecule has 1 atom stereocenters. The number of hydrogen-bond donors (Lipinski definition) is 2. The molecule has 0 saturated carbocycles. The number of ether oxygens (including phenoxy) is 2. The van der Waals surface area contributed by atoms with Gasteiger partial charge in [0.15, 0.2) is 17.5 Å². The SMILES string of the molecule is CN=C(NCc1ccc(OC)c(OC)c1)NC1CCN(C(=O)C(C)C)C1. The van der Waals surface area contributed by atoms with Crippen LogP contribution in [0.15, 0.2) is 23.2 Å². The van der Waals surface area contributed by atoms with Crippen molar-refractivity contribution in [2.45, 2.75) is 32.9 Å². The predicted molar refractivity (Wildman–Crippen MR) is 103 cm³/mol. The monoisotopic (exact) mass is 362 g/mol. The van der Waals surface area contributed by atoms with Crippen LogP contribution in [0.3, 0.4) is 0 Å². The lowest BCUT2D eigenvalue weighted by Gasteiger charge is -2.20. The summed E-state index contributed by atoms with van der Waals surface area (Å²) in [7, 11) is 4.99. The summed E-state index contributed by atoms with van der Waals surface area (Å²) in [5, 5.41) is 6.71. The lowest BCUT2D eigenvalue weighted by atomic mass is 10.2. The molecule has 1 saturated heterocycles. The van der Waals surface area contributed by atoms with E-state index in [4.69, 9.17) is 9.47 Å². The molecule has 1 aliphatic heterocycles. The summed E-state index contributed by atoms with van der Waals surface area (Å²) < 4.78 is 10.6. The normalized spacial score (nSPS) is 17.4. The van der Waals surface area contributed by atoms with Crippen molar-refractivity contribution in [3.8, 4) is 11.5 Å². The Morgan fingerprint density at radius 2 is 2.04 bits per heavy atom. The number of carbonyl (C=O) groups excluding carboxylic acids is 1. The maximum Gasteiger partial charge on any atom is 0.225 e. The van der Waals surface area contributed by atoms with E-state index in [1.165, 1.54) is 0 Å². The van der Waals surface area contributed by atoms with E-state index < -0.39 is 0 Å². The van der Waals surface area contributed by atoms with Crippen LogP contribution in [0.2, 0.25) is 0 Å². The number of nitrogens with one attached hydrogen (secondary N) is 2. The molecular weight excluding hydrogens is 332 g/mol. The highest BCUT2D eigenvalue weighted by molar-refractivity contribution is 5.81. The molecule has 1 aromatic rings. The van der Waals surface area contributed by atoms with Crippen LogP contribution in [-0.4, -0.2) is 57.2 Å². The Morgan fingerprint density at radius 1 is 1.31 bits per heavy atom. The molecule has 0 bridgehead atoms. The molecule has 7 heteroatoms. The van der Waals surface area contributed by atoms with Crippen LogP contribution in [0, 0.1) is 5.92 Å². The molecular formula is C19H30N4O3. The van der Waals surface area contributed by atoms with Crippen LogP contribution < -0.4 is 20.1 Å². The minimum atomic E-state index is 0.0382. The van der Waals surface area contributed by atoms with Gasteiger partial charge in [-0.1, -0.05) is 19.9 Å². The van der Waals surface area contributed by atoms with Gasteiger partial charge in [0.2, 0.25) is 5.91 Å². The zero-order chi connectivity index (χ0) is 19.1. The fraction of sp³-hybridized carbons (Fsp3) is 0.579. The third-order valence-electron chi connectivity index (χ3n) is 4.47. The van der Waals surface area contributed by atoms with Crippen molar-refractivity contribution in [3.05, 3.63) is 23.8 Å². The number of likely N-dealkylation sites (tertiary alicyclic amines) is 1. The lowest BCUT2D eigenvalue weighted by Crippen LogP contribution is -2.45. The van der Waals surface area contributed by atoms with Crippen LogP contribution in [0.5, 0.6) is 11.5 Å². The minimum absolute atomic E-state index is 0.0382. The van der Waals surface area contributed by atoms with Crippen molar-refractivity contribution in [2.24, 2.45) is 10.9 Å². The zero-order valence-corrected chi connectivity index (χ0v) is 16.3. The molecule has 0 radical (unpaired) electrons. The van der Waals surface area contributed by atoms with E-state index in [0.717, 1.165) is 24.5 Å². The highest BCUT2D eigenvalue weighted by Crippen LogP contribution is 2.27. The molecule has 1 aromatic carbocycles. The number of benzene rings is 1. The zero-order valence-electron chi connectivity index (χ0n) is 16.3. The average Bonchev–Trinajstić information content (AvgIpc) is 3.12. The molecule has 0 aliphatic carbocycles. The number of hydrogen-bond acceptors (Lipinski definition) is 4. The van der Waals surface area contributed by atoms with Gasteiger partial charge in [0.25, 0.3) is 0 Å². The average molecular weight is 362 g/mol. The van der Waals surface area contributed by atoms with Crippen molar-refractivity contribution in [2.75, 3.05) is 34.4 Å². The molecule has 1 amide bonds. The molecule has 144 valence electrons. The van der Waals surface area contributed by atoms with Crippen molar-refractivity contribution >= 4 is 11.9 Å². The molecule has 0 spiro atoms. The first-order chi connectivity index (χ1) is 12.5. The Morgan fingerprint density at radius 3 is 2.65 bits per heavy atom. The van der Waals surface area contributed by atoms with E-state index >= 15 is 0 Å². The Labute approximate surface area is 155 Å². The summed E-state index contributed by atoms with van der Waals surface area (Å²) in [6.45, 7) is 6.00. The summed E-state index contributed by atoms with van der Waals surface area (Å²) in [5.41, 5.74) is 1.06.